The Hall–Kier alpha value is -0.870. The van der Waals surface area contributed by atoms with Crippen LogP contribution in [0.2, 0.25) is 0 Å². The molecule has 18 heavy (non-hydrogen) atoms. The van der Waals surface area contributed by atoms with Crippen LogP contribution in [0.1, 0.15) is 25.8 Å². The molecule has 0 aliphatic heterocycles. The largest absolute Gasteiger partial charge is 0.391 e. The maximum Gasteiger partial charge on any atom is 0.224 e. The third kappa shape index (κ3) is 5.19. The molecule has 1 aromatic carbocycles. The molecule has 4 heteroatoms. The number of benzene rings is 1. The van der Waals surface area contributed by atoms with E-state index in [-0.39, 0.29) is 11.8 Å². The van der Waals surface area contributed by atoms with Gasteiger partial charge in [0.25, 0.3) is 0 Å². The lowest BCUT2D eigenvalue weighted by molar-refractivity contribution is -0.121. The summed E-state index contributed by atoms with van der Waals surface area (Å²) in [6, 6.07) is 7.65. The van der Waals surface area contributed by atoms with E-state index >= 15 is 0 Å². The molecule has 0 heterocycles. The first-order valence-electron chi connectivity index (χ1n) is 6.22. The zero-order valence-corrected chi connectivity index (χ0v) is 12.4. The van der Waals surface area contributed by atoms with Gasteiger partial charge >= 0.3 is 0 Å². The number of hydrogen-bond acceptors (Lipinski definition) is 2. The van der Waals surface area contributed by atoms with Crippen LogP contribution in [0.4, 0.5) is 0 Å². The summed E-state index contributed by atoms with van der Waals surface area (Å²) in [7, 11) is 0. The number of nitrogens with one attached hydrogen (secondary N) is 1. The van der Waals surface area contributed by atoms with Crippen molar-refractivity contribution >= 4 is 21.8 Å². The predicted octanol–water partition coefficient (Wildman–Crippen LogP) is 2.51. The zero-order valence-electron chi connectivity index (χ0n) is 10.8. The van der Waals surface area contributed by atoms with Gasteiger partial charge in [-0.3, -0.25) is 4.79 Å². The number of aliphatic hydroxyl groups excluding tert-OH is 1. The highest BCUT2D eigenvalue weighted by molar-refractivity contribution is 9.10. The van der Waals surface area contributed by atoms with E-state index in [4.69, 9.17) is 0 Å². The molecule has 100 valence electrons. The molecule has 1 rings (SSSR count). The molecule has 0 spiro atoms. The van der Waals surface area contributed by atoms with E-state index in [1.165, 1.54) is 0 Å². The van der Waals surface area contributed by atoms with Crippen molar-refractivity contribution in [1.82, 2.24) is 5.32 Å². The first-order chi connectivity index (χ1) is 8.52. The third-order valence-electron chi connectivity index (χ3n) is 3.09. The van der Waals surface area contributed by atoms with Crippen LogP contribution in [0.25, 0.3) is 0 Å². The molecule has 0 saturated heterocycles. The second-order valence-electron chi connectivity index (χ2n) is 4.56. The van der Waals surface area contributed by atoms with Gasteiger partial charge in [-0.2, -0.15) is 0 Å². The van der Waals surface area contributed by atoms with Crippen molar-refractivity contribution in [1.29, 1.82) is 0 Å². The molecular weight excluding hydrogens is 294 g/mol. The first kappa shape index (κ1) is 15.2. The van der Waals surface area contributed by atoms with Crippen molar-refractivity contribution < 1.29 is 9.90 Å². The fraction of sp³-hybridized carbons (Fsp3) is 0.500. The standard InChI is InChI=1S/C14H20BrNO2/c1-3-10(2)13(17)9-16-14(18)8-11-4-6-12(15)7-5-11/h4-7,10,13,17H,3,8-9H2,1-2H3,(H,16,18). The molecule has 2 unspecified atom stereocenters. The van der Waals surface area contributed by atoms with Gasteiger partial charge in [0, 0.05) is 11.0 Å². The van der Waals surface area contributed by atoms with Gasteiger partial charge in [-0.05, 0) is 23.6 Å². The summed E-state index contributed by atoms with van der Waals surface area (Å²) in [6.45, 7) is 4.33. The molecule has 1 amide bonds. The third-order valence-corrected chi connectivity index (χ3v) is 3.62. The highest BCUT2D eigenvalue weighted by atomic mass is 79.9. The minimum atomic E-state index is -0.469. The van der Waals surface area contributed by atoms with Gasteiger partial charge in [-0.15, -0.1) is 0 Å². The number of halogens is 1. The fourth-order valence-electron chi connectivity index (χ4n) is 1.54. The Morgan fingerprint density at radius 1 is 1.39 bits per heavy atom. The van der Waals surface area contributed by atoms with Gasteiger partial charge in [0.2, 0.25) is 5.91 Å². The second-order valence-corrected chi connectivity index (χ2v) is 5.48. The molecule has 2 N–H and O–H groups in total. The summed E-state index contributed by atoms with van der Waals surface area (Å²) in [6.07, 6.45) is 0.786. The van der Waals surface area contributed by atoms with Crippen LogP contribution < -0.4 is 5.32 Å². The summed E-state index contributed by atoms with van der Waals surface area (Å²) in [5, 5.41) is 12.5. The number of amides is 1. The smallest absolute Gasteiger partial charge is 0.224 e. The summed E-state index contributed by atoms with van der Waals surface area (Å²) in [5.74, 6) is 0.151. The van der Waals surface area contributed by atoms with Crippen LogP contribution in [0.15, 0.2) is 28.7 Å². The number of rotatable bonds is 6. The molecule has 0 aliphatic rings. The minimum absolute atomic E-state index is 0.0559. The van der Waals surface area contributed by atoms with E-state index in [0.29, 0.717) is 13.0 Å². The van der Waals surface area contributed by atoms with Crippen molar-refractivity contribution in [3.8, 4) is 0 Å². The number of hydrogen-bond donors (Lipinski definition) is 2. The number of carbonyl (C=O) groups is 1. The van der Waals surface area contributed by atoms with Crippen molar-refractivity contribution in [3.05, 3.63) is 34.3 Å². The number of carbonyl (C=O) groups excluding carboxylic acids is 1. The molecular formula is C14H20BrNO2. The Morgan fingerprint density at radius 3 is 2.56 bits per heavy atom. The maximum absolute atomic E-state index is 11.7. The van der Waals surface area contributed by atoms with E-state index in [0.717, 1.165) is 16.5 Å². The van der Waals surface area contributed by atoms with Gasteiger partial charge in [0.15, 0.2) is 0 Å². The summed E-state index contributed by atoms with van der Waals surface area (Å²) in [4.78, 5) is 11.7. The van der Waals surface area contributed by atoms with E-state index in [2.05, 4.69) is 21.2 Å². The monoisotopic (exact) mass is 313 g/mol. The summed E-state index contributed by atoms with van der Waals surface area (Å²) in [5.41, 5.74) is 0.966. The van der Waals surface area contributed by atoms with Crippen LogP contribution in [-0.4, -0.2) is 23.7 Å². The van der Waals surface area contributed by atoms with E-state index in [1.807, 2.05) is 38.1 Å². The highest BCUT2D eigenvalue weighted by Gasteiger charge is 2.13. The van der Waals surface area contributed by atoms with Gasteiger partial charge in [0.05, 0.1) is 12.5 Å². The molecule has 0 fully saturated rings. The average molecular weight is 314 g/mol. The average Bonchev–Trinajstić information content (AvgIpc) is 2.37. The first-order valence-corrected chi connectivity index (χ1v) is 7.01. The normalized spacial score (nSPS) is 14.0. The lowest BCUT2D eigenvalue weighted by Gasteiger charge is -2.17. The Morgan fingerprint density at radius 2 is 2.00 bits per heavy atom. The highest BCUT2D eigenvalue weighted by Crippen LogP contribution is 2.11. The van der Waals surface area contributed by atoms with Crippen LogP contribution in [-0.2, 0) is 11.2 Å². The number of aliphatic hydroxyl groups is 1. The van der Waals surface area contributed by atoms with Crippen LogP contribution in [0.5, 0.6) is 0 Å². The maximum atomic E-state index is 11.7. The quantitative estimate of drug-likeness (QED) is 0.848. The van der Waals surface area contributed by atoms with Crippen molar-refractivity contribution in [3.63, 3.8) is 0 Å². The van der Waals surface area contributed by atoms with E-state index in [1.54, 1.807) is 0 Å². The van der Waals surface area contributed by atoms with Crippen molar-refractivity contribution in [2.24, 2.45) is 5.92 Å². The Labute approximate surface area is 117 Å². The predicted molar refractivity (Wildman–Crippen MR) is 76.3 cm³/mol. The SMILES string of the molecule is CCC(C)C(O)CNC(=O)Cc1ccc(Br)cc1. The summed E-state index contributed by atoms with van der Waals surface area (Å²) < 4.78 is 0.999. The molecule has 3 nitrogen and oxygen atoms in total. The fourth-order valence-corrected chi connectivity index (χ4v) is 1.81. The minimum Gasteiger partial charge on any atom is -0.391 e. The lowest BCUT2D eigenvalue weighted by Crippen LogP contribution is -2.36. The molecule has 2 atom stereocenters. The molecule has 0 aromatic heterocycles. The topological polar surface area (TPSA) is 49.3 Å². The van der Waals surface area contributed by atoms with Gasteiger partial charge in [-0.25, -0.2) is 0 Å². The molecule has 0 aliphatic carbocycles. The lowest BCUT2D eigenvalue weighted by atomic mass is 10.0. The van der Waals surface area contributed by atoms with Crippen molar-refractivity contribution in [2.75, 3.05) is 6.54 Å². The van der Waals surface area contributed by atoms with Crippen LogP contribution in [0.3, 0.4) is 0 Å². The molecule has 0 bridgehead atoms. The van der Waals surface area contributed by atoms with Crippen LogP contribution >= 0.6 is 15.9 Å². The summed E-state index contributed by atoms with van der Waals surface area (Å²) >= 11 is 3.35. The van der Waals surface area contributed by atoms with Crippen LogP contribution in [0, 0.1) is 5.92 Å². The van der Waals surface area contributed by atoms with E-state index in [9.17, 15) is 9.90 Å². The van der Waals surface area contributed by atoms with Crippen molar-refractivity contribution in [2.45, 2.75) is 32.8 Å². The van der Waals surface area contributed by atoms with Gasteiger partial charge < -0.3 is 10.4 Å². The zero-order chi connectivity index (χ0) is 13.5. The molecule has 1 aromatic rings. The molecule has 0 radical (unpaired) electrons. The molecule has 0 saturated carbocycles. The second kappa shape index (κ2) is 7.54. The Kier molecular flexibility index (Phi) is 6.36. The van der Waals surface area contributed by atoms with Gasteiger partial charge in [0.1, 0.15) is 0 Å². The van der Waals surface area contributed by atoms with E-state index < -0.39 is 6.10 Å². The van der Waals surface area contributed by atoms with Gasteiger partial charge in [-0.1, -0.05) is 48.3 Å². The Bertz CT molecular complexity index is 378. The Balaban J connectivity index is 2.36.